The second-order valence-electron chi connectivity index (χ2n) is 3.07. The summed E-state index contributed by atoms with van der Waals surface area (Å²) in [5.41, 5.74) is 2.45. The van der Waals surface area contributed by atoms with Crippen LogP contribution in [0.2, 0.25) is 0 Å². The van der Waals surface area contributed by atoms with Gasteiger partial charge in [0.1, 0.15) is 4.32 Å². The Morgan fingerprint density at radius 3 is 2.92 bits per heavy atom. The highest BCUT2D eigenvalue weighted by molar-refractivity contribution is 9.09. The number of halogens is 1. The molecule has 0 fully saturated rings. The van der Waals surface area contributed by atoms with Crippen LogP contribution < -0.4 is 0 Å². The van der Waals surface area contributed by atoms with Gasteiger partial charge in [-0.15, -0.1) is 0 Å². The van der Waals surface area contributed by atoms with Crippen molar-refractivity contribution in [1.82, 2.24) is 0 Å². The van der Waals surface area contributed by atoms with Gasteiger partial charge in [0.15, 0.2) is 0 Å². The number of rotatable bonds is 0. The van der Waals surface area contributed by atoms with E-state index in [0.717, 1.165) is 18.4 Å². The minimum absolute atomic E-state index is 0.413. The zero-order valence-corrected chi connectivity index (χ0v) is 8.13. The van der Waals surface area contributed by atoms with E-state index in [1.165, 1.54) is 5.56 Å². The molecule has 0 amide bonds. The molecule has 1 aromatic carbocycles. The Labute approximate surface area is 80.1 Å². The Kier molecular flexibility index (Phi) is 1.69. The van der Waals surface area contributed by atoms with E-state index in [4.69, 9.17) is 5.26 Å². The maximum atomic E-state index is 8.98. The summed E-state index contributed by atoms with van der Waals surface area (Å²) in [5.74, 6) is 0. The van der Waals surface area contributed by atoms with Crippen LogP contribution in [-0.2, 0) is 10.7 Å². The molecule has 1 nitrogen and oxygen atoms in total. The molecule has 2 heteroatoms. The molecule has 0 aliphatic heterocycles. The SMILES string of the molecule is N#CC1(Br)CCc2ccccc21. The molecule has 0 bridgehead atoms. The molecule has 0 saturated heterocycles. The van der Waals surface area contributed by atoms with E-state index in [9.17, 15) is 0 Å². The first kappa shape index (κ1) is 7.82. The lowest BCUT2D eigenvalue weighted by molar-refractivity contribution is 0.780. The summed E-state index contributed by atoms with van der Waals surface area (Å²) in [6.07, 6.45) is 1.90. The smallest absolute Gasteiger partial charge is 0.137 e. The average Bonchev–Trinajstić information content (AvgIpc) is 2.46. The van der Waals surface area contributed by atoms with Crippen LogP contribution in [0, 0.1) is 11.3 Å². The third kappa shape index (κ3) is 0.971. The molecule has 60 valence electrons. The van der Waals surface area contributed by atoms with Crippen molar-refractivity contribution in [1.29, 1.82) is 5.26 Å². The van der Waals surface area contributed by atoms with Crippen LogP contribution in [-0.4, -0.2) is 0 Å². The van der Waals surface area contributed by atoms with Crippen molar-refractivity contribution in [2.45, 2.75) is 17.2 Å². The second kappa shape index (κ2) is 2.60. The van der Waals surface area contributed by atoms with Gasteiger partial charge in [-0.1, -0.05) is 40.2 Å². The quantitative estimate of drug-likeness (QED) is 0.619. The summed E-state index contributed by atoms with van der Waals surface area (Å²) in [5, 5.41) is 8.98. The summed E-state index contributed by atoms with van der Waals surface area (Å²) < 4.78 is -0.413. The molecule has 1 aliphatic rings. The van der Waals surface area contributed by atoms with Crippen molar-refractivity contribution < 1.29 is 0 Å². The lowest BCUT2D eigenvalue weighted by Crippen LogP contribution is -2.09. The summed E-state index contributed by atoms with van der Waals surface area (Å²) in [7, 11) is 0. The fraction of sp³-hybridized carbons (Fsp3) is 0.300. The van der Waals surface area contributed by atoms with Crippen molar-refractivity contribution in [3.8, 4) is 6.07 Å². The summed E-state index contributed by atoms with van der Waals surface area (Å²) in [4.78, 5) is 0. The van der Waals surface area contributed by atoms with Crippen LogP contribution in [0.1, 0.15) is 17.5 Å². The highest BCUT2D eigenvalue weighted by atomic mass is 79.9. The number of fused-ring (bicyclic) bond motifs is 1. The first-order valence-corrected chi connectivity index (χ1v) is 4.74. The number of nitriles is 1. The van der Waals surface area contributed by atoms with Crippen LogP contribution >= 0.6 is 15.9 Å². The van der Waals surface area contributed by atoms with E-state index >= 15 is 0 Å². The van der Waals surface area contributed by atoms with Gasteiger partial charge in [-0.05, 0) is 24.0 Å². The van der Waals surface area contributed by atoms with Crippen LogP contribution in [0.4, 0.5) is 0 Å². The van der Waals surface area contributed by atoms with E-state index in [1.54, 1.807) is 0 Å². The highest BCUT2D eigenvalue weighted by Gasteiger charge is 2.35. The van der Waals surface area contributed by atoms with E-state index in [-0.39, 0.29) is 0 Å². The molecule has 0 saturated carbocycles. The van der Waals surface area contributed by atoms with Crippen molar-refractivity contribution >= 4 is 15.9 Å². The minimum atomic E-state index is -0.413. The van der Waals surface area contributed by atoms with Gasteiger partial charge in [-0.2, -0.15) is 5.26 Å². The van der Waals surface area contributed by atoms with Crippen LogP contribution in [0.3, 0.4) is 0 Å². The van der Waals surface area contributed by atoms with Gasteiger partial charge in [-0.25, -0.2) is 0 Å². The van der Waals surface area contributed by atoms with Gasteiger partial charge >= 0.3 is 0 Å². The predicted octanol–water partition coefficient (Wildman–Crippen LogP) is 2.75. The molecule has 1 atom stereocenters. The molecule has 12 heavy (non-hydrogen) atoms. The normalized spacial score (nSPS) is 26.3. The zero-order valence-electron chi connectivity index (χ0n) is 6.55. The number of alkyl halides is 1. The number of aryl methyl sites for hydroxylation is 1. The maximum Gasteiger partial charge on any atom is 0.137 e. The van der Waals surface area contributed by atoms with E-state index in [1.807, 2.05) is 18.2 Å². The maximum absolute atomic E-state index is 8.98. The fourth-order valence-corrected chi connectivity index (χ4v) is 2.27. The molecule has 2 rings (SSSR count). The van der Waals surface area contributed by atoms with Crippen molar-refractivity contribution in [3.05, 3.63) is 35.4 Å². The number of benzene rings is 1. The molecule has 1 aliphatic carbocycles. The van der Waals surface area contributed by atoms with Crippen LogP contribution in [0.15, 0.2) is 24.3 Å². The first-order valence-electron chi connectivity index (χ1n) is 3.95. The Bertz CT molecular complexity index is 353. The molecule has 1 unspecified atom stereocenters. The van der Waals surface area contributed by atoms with Gasteiger partial charge in [0, 0.05) is 0 Å². The summed E-state index contributed by atoms with van der Waals surface area (Å²) in [6.45, 7) is 0. The lowest BCUT2D eigenvalue weighted by atomic mass is 10.0. The third-order valence-electron chi connectivity index (χ3n) is 2.36. The molecule has 0 radical (unpaired) electrons. The van der Waals surface area contributed by atoms with E-state index in [2.05, 4.69) is 28.1 Å². The van der Waals surface area contributed by atoms with Gasteiger partial charge in [0.25, 0.3) is 0 Å². The van der Waals surface area contributed by atoms with E-state index in [0.29, 0.717) is 0 Å². The number of hydrogen-bond acceptors (Lipinski definition) is 1. The third-order valence-corrected chi connectivity index (χ3v) is 3.36. The molecule has 0 heterocycles. The number of nitrogens with zero attached hydrogens (tertiary/aromatic N) is 1. The van der Waals surface area contributed by atoms with Gasteiger partial charge in [0.05, 0.1) is 6.07 Å². The lowest BCUT2D eigenvalue weighted by Gasteiger charge is -2.11. The molecular weight excluding hydrogens is 214 g/mol. The van der Waals surface area contributed by atoms with Gasteiger partial charge in [-0.3, -0.25) is 0 Å². The fourth-order valence-electron chi connectivity index (χ4n) is 1.68. The Morgan fingerprint density at radius 1 is 1.42 bits per heavy atom. The van der Waals surface area contributed by atoms with Crippen molar-refractivity contribution in [3.63, 3.8) is 0 Å². The largest absolute Gasteiger partial charge is 0.196 e. The molecule has 0 aromatic heterocycles. The Hall–Kier alpha value is -0.810. The first-order chi connectivity index (χ1) is 5.76. The summed E-state index contributed by atoms with van der Waals surface area (Å²) in [6, 6.07) is 10.4. The topological polar surface area (TPSA) is 23.8 Å². The second-order valence-corrected chi connectivity index (χ2v) is 4.42. The molecule has 0 spiro atoms. The van der Waals surface area contributed by atoms with Crippen molar-refractivity contribution in [2.75, 3.05) is 0 Å². The standard InChI is InChI=1S/C10H8BrN/c11-10(7-12)6-5-8-3-1-2-4-9(8)10/h1-4H,5-6H2. The average molecular weight is 222 g/mol. The zero-order chi connectivity index (χ0) is 8.60. The van der Waals surface area contributed by atoms with Gasteiger partial charge in [0.2, 0.25) is 0 Å². The van der Waals surface area contributed by atoms with Crippen LogP contribution in [0.5, 0.6) is 0 Å². The van der Waals surface area contributed by atoms with E-state index < -0.39 is 4.32 Å². The highest BCUT2D eigenvalue weighted by Crippen LogP contribution is 2.43. The van der Waals surface area contributed by atoms with Crippen LogP contribution in [0.25, 0.3) is 0 Å². The number of hydrogen-bond donors (Lipinski definition) is 0. The minimum Gasteiger partial charge on any atom is -0.196 e. The Balaban J connectivity index is 2.58. The molecule has 1 aromatic rings. The summed E-state index contributed by atoms with van der Waals surface area (Å²) >= 11 is 3.48. The predicted molar refractivity (Wildman–Crippen MR) is 51.0 cm³/mol. The van der Waals surface area contributed by atoms with Gasteiger partial charge < -0.3 is 0 Å². The monoisotopic (exact) mass is 221 g/mol. The Morgan fingerprint density at radius 2 is 2.17 bits per heavy atom. The van der Waals surface area contributed by atoms with Crippen molar-refractivity contribution in [2.24, 2.45) is 0 Å². The molecule has 0 N–H and O–H groups in total. The molecular formula is C10H8BrN.